The maximum Gasteiger partial charge on any atom is 0.311 e. The van der Waals surface area contributed by atoms with Gasteiger partial charge in [-0.1, -0.05) is 13.8 Å². The molecule has 0 saturated heterocycles. The molecule has 1 unspecified atom stereocenters. The molecule has 1 atom stereocenters. The Morgan fingerprint density at radius 1 is 0.511 bits per heavy atom. The van der Waals surface area contributed by atoms with Gasteiger partial charge < -0.3 is 24.8 Å². The van der Waals surface area contributed by atoms with Crippen LogP contribution >= 0.6 is 0 Å². The molecule has 0 radical (unpaired) electrons. The van der Waals surface area contributed by atoms with E-state index in [0.29, 0.717) is 32.5 Å². The first kappa shape index (κ1) is 46.2. The van der Waals surface area contributed by atoms with Gasteiger partial charge in [0.05, 0.1) is 43.9 Å². The molecule has 16 heteroatoms. The predicted molar refractivity (Wildman–Crippen MR) is 165 cm³/mol. The number of carbonyl (C=O) groups is 5. The third kappa shape index (κ3) is 29.0. The summed E-state index contributed by atoms with van der Waals surface area (Å²) in [6.07, 6.45) is 2.95. The summed E-state index contributed by atoms with van der Waals surface area (Å²) in [5.74, 6) is -3.29. The highest BCUT2D eigenvalue weighted by Gasteiger charge is 2.28. The van der Waals surface area contributed by atoms with E-state index in [4.69, 9.17) is 54.1 Å². The number of hydrogen-bond acceptors (Lipinski definition) is 13. The van der Waals surface area contributed by atoms with Crippen LogP contribution in [0.25, 0.3) is 0 Å². The minimum Gasteiger partial charge on any atom is -0.481 e. The van der Waals surface area contributed by atoms with Crippen LogP contribution in [0.15, 0.2) is 0 Å². The molecule has 16 nitrogen and oxygen atoms in total. The highest BCUT2D eigenvalue weighted by atomic mass is 17.2. The number of esters is 2. The van der Waals surface area contributed by atoms with Crippen molar-refractivity contribution in [3.63, 3.8) is 0 Å². The SMILES string of the molecule is CCC(C)(C)C(=O)OCC(COOCCCC(=O)O)OOCCCC(=O)O.CCC(C)(C)C(=O)OCCCCOOCCCC(=O)O. The Balaban J connectivity index is 0. The zero-order valence-electron chi connectivity index (χ0n) is 28.7. The van der Waals surface area contributed by atoms with Gasteiger partial charge in [-0.15, -0.1) is 0 Å². The predicted octanol–water partition coefficient (Wildman–Crippen LogP) is 4.52. The maximum absolute atomic E-state index is 12.0. The normalized spacial score (nSPS) is 12.0. The molecule has 0 fully saturated rings. The van der Waals surface area contributed by atoms with Crippen molar-refractivity contribution in [1.82, 2.24) is 0 Å². The topological polar surface area (TPSA) is 220 Å². The summed E-state index contributed by atoms with van der Waals surface area (Å²) in [6, 6.07) is 0. The van der Waals surface area contributed by atoms with Crippen LogP contribution < -0.4 is 0 Å². The van der Waals surface area contributed by atoms with Crippen LogP contribution in [0.1, 0.15) is 106 Å². The summed E-state index contributed by atoms with van der Waals surface area (Å²) in [7, 11) is 0. The lowest BCUT2D eigenvalue weighted by molar-refractivity contribution is -0.370. The van der Waals surface area contributed by atoms with E-state index >= 15 is 0 Å². The summed E-state index contributed by atoms with van der Waals surface area (Å²) >= 11 is 0. The minimum atomic E-state index is -0.941. The van der Waals surface area contributed by atoms with Gasteiger partial charge in [0.2, 0.25) is 0 Å². The zero-order valence-corrected chi connectivity index (χ0v) is 28.7. The molecule has 0 aromatic rings. The minimum absolute atomic E-state index is 0.0420. The molecule has 47 heavy (non-hydrogen) atoms. The molecule has 276 valence electrons. The Bertz CT molecular complexity index is 874. The van der Waals surface area contributed by atoms with Gasteiger partial charge >= 0.3 is 29.8 Å². The largest absolute Gasteiger partial charge is 0.481 e. The van der Waals surface area contributed by atoms with Crippen molar-refractivity contribution in [3.05, 3.63) is 0 Å². The van der Waals surface area contributed by atoms with Gasteiger partial charge in [-0.05, 0) is 72.6 Å². The molecule has 0 saturated carbocycles. The zero-order chi connectivity index (χ0) is 36.1. The average molecular weight is 685 g/mol. The molecular weight excluding hydrogens is 628 g/mol. The van der Waals surface area contributed by atoms with Crippen LogP contribution in [0.3, 0.4) is 0 Å². The van der Waals surface area contributed by atoms with Crippen LogP contribution in [0.2, 0.25) is 0 Å². The lowest BCUT2D eigenvalue weighted by atomic mass is 9.91. The molecule has 0 aliphatic rings. The highest BCUT2D eigenvalue weighted by Crippen LogP contribution is 2.22. The standard InChI is InChI=1S/C17H30O10.C14H26O6/c1-4-17(2,3)16(22)23-11-13(27-25-10-6-8-15(20)21)12-26-24-9-5-7-14(18)19;1-4-14(2,3)13(17)18-9-5-6-10-19-20-11-7-8-12(15)16/h13H,4-12H2,1-3H3,(H,18,19)(H,20,21);4-11H2,1-3H3,(H,15,16). The Morgan fingerprint density at radius 2 is 0.894 bits per heavy atom. The van der Waals surface area contributed by atoms with Crippen molar-refractivity contribution in [2.75, 3.05) is 46.2 Å². The molecule has 3 N–H and O–H groups in total. The van der Waals surface area contributed by atoms with Gasteiger partial charge in [0.25, 0.3) is 0 Å². The number of ether oxygens (including phenoxy) is 2. The molecular formula is C31H56O16. The number of rotatable bonds is 29. The number of unbranched alkanes of at least 4 members (excludes halogenated alkanes) is 1. The lowest BCUT2D eigenvalue weighted by Crippen LogP contribution is -2.32. The van der Waals surface area contributed by atoms with E-state index < -0.39 is 40.8 Å². The van der Waals surface area contributed by atoms with Crippen LogP contribution in [0, 0.1) is 10.8 Å². The van der Waals surface area contributed by atoms with E-state index in [1.165, 1.54) is 0 Å². The summed E-state index contributed by atoms with van der Waals surface area (Å²) < 4.78 is 10.4. The molecule has 0 aliphatic carbocycles. The van der Waals surface area contributed by atoms with Crippen molar-refractivity contribution < 1.29 is 78.1 Å². The second kappa shape index (κ2) is 28.2. The second-order valence-corrected chi connectivity index (χ2v) is 11.7. The first-order valence-corrected chi connectivity index (χ1v) is 15.9. The lowest BCUT2D eigenvalue weighted by Gasteiger charge is -2.22. The van der Waals surface area contributed by atoms with Crippen LogP contribution in [0.5, 0.6) is 0 Å². The van der Waals surface area contributed by atoms with Gasteiger partial charge in [0.1, 0.15) is 13.2 Å². The van der Waals surface area contributed by atoms with E-state index in [1.54, 1.807) is 13.8 Å². The third-order valence-corrected chi connectivity index (χ3v) is 6.61. The van der Waals surface area contributed by atoms with Gasteiger partial charge in [-0.3, -0.25) is 24.0 Å². The van der Waals surface area contributed by atoms with Crippen molar-refractivity contribution in [2.24, 2.45) is 10.8 Å². The quantitative estimate of drug-likeness (QED) is 0.0427. The van der Waals surface area contributed by atoms with Gasteiger partial charge in [-0.2, -0.15) is 0 Å². The molecule has 0 heterocycles. The van der Waals surface area contributed by atoms with E-state index in [-0.39, 0.29) is 71.1 Å². The smallest absolute Gasteiger partial charge is 0.311 e. The Kier molecular flexibility index (Phi) is 27.7. The van der Waals surface area contributed by atoms with E-state index in [0.717, 1.165) is 12.8 Å². The molecule has 0 rings (SSSR count). The Morgan fingerprint density at radius 3 is 1.34 bits per heavy atom. The molecule has 0 aromatic carbocycles. The number of carbonyl (C=O) groups excluding carboxylic acids is 2. The molecule has 0 bridgehead atoms. The monoisotopic (exact) mass is 684 g/mol. The van der Waals surface area contributed by atoms with E-state index in [2.05, 4.69) is 0 Å². The fraction of sp³-hybridized carbons (Fsp3) is 0.839. The number of hydrogen-bond donors (Lipinski definition) is 3. The van der Waals surface area contributed by atoms with E-state index in [1.807, 2.05) is 27.7 Å². The molecule has 0 amide bonds. The van der Waals surface area contributed by atoms with Crippen molar-refractivity contribution >= 4 is 29.8 Å². The second-order valence-electron chi connectivity index (χ2n) is 11.7. The van der Waals surface area contributed by atoms with Gasteiger partial charge in [0, 0.05) is 19.3 Å². The van der Waals surface area contributed by atoms with Crippen LogP contribution in [-0.4, -0.2) is 97.5 Å². The fourth-order valence-electron chi connectivity index (χ4n) is 2.67. The third-order valence-electron chi connectivity index (χ3n) is 6.61. The highest BCUT2D eigenvalue weighted by molar-refractivity contribution is 5.76. The fourth-order valence-corrected chi connectivity index (χ4v) is 2.67. The van der Waals surface area contributed by atoms with Crippen LogP contribution in [0.4, 0.5) is 0 Å². The first-order valence-electron chi connectivity index (χ1n) is 15.9. The number of carboxylic acid groups (broad SMARTS) is 3. The molecule has 0 aromatic heterocycles. The van der Waals surface area contributed by atoms with Gasteiger partial charge in [0.15, 0.2) is 6.10 Å². The van der Waals surface area contributed by atoms with Gasteiger partial charge in [-0.25, -0.2) is 29.3 Å². The average Bonchev–Trinajstić information content (AvgIpc) is 3.01. The first-order chi connectivity index (χ1) is 22.1. The summed E-state index contributed by atoms with van der Waals surface area (Å²) in [4.78, 5) is 84.2. The Labute approximate surface area is 277 Å². The van der Waals surface area contributed by atoms with Crippen LogP contribution in [-0.2, 0) is 62.8 Å². The summed E-state index contributed by atoms with van der Waals surface area (Å²) in [5, 5.41) is 25.5. The maximum atomic E-state index is 12.0. The molecule has 0 aliphatic heterocycles. The van der Waals surface area contributed by atoms with E-state index in [9.17, 15) is 24.0 Å². The summed E-state index contributed by atoms with van der Waals surface area (Å²) in [6.45, 7) is 12.0. The van der Waals surface area contributed by atoms with Crippen molar-refractivity contribution in [3.8, 4) is 0 Å². The number of carboxylic acids is 3. The van der Waals surface area contributed by atoms with Crippen molar-refractivity contribution in [2.45, 2.75) is 112 Å². The van der Waals surface area contributed by atoms with Crippen molar-refractivity contribution in [1.29, 1.82) is 0 Å². The molecule has 0 spiro atoms. The number of aliphatic carboxylic acids is 3. The Hall–Kier alpha value is -2.89. The summed E-state index contributed by atoms with van der Waals surface area (Å²) in [5.41, 5.74) is -1.06.